The average Bonchev–Trinajstić information content (AvgIpc) is 2.61. The molecule has 4 nitrogen and oxygen atoms in total. The Bertz CT molecular complexity index is 1000. The normalized spacial score (nSPS) is 11.8. The van der Waals surface area contributed by atoms with Gasteiger partial charge >= 0.3 is 0 Å². The van der Waals surface area contributed by atoms with Crippen LogP contribution in [0, 0.1) is 0 Å². The molecule has 0 radical (unpaired) electrons. The van der Waals surface area contributed by atoms with Gasteiger partial charge in [0.25, 0.3) is 0 Å². The maximum absolute atomic E-state index is 11.1. The number of aliphatic imine (C=N–C) groups is 1. The van der Waals surface area contributed by atoms with E-state index in [1.807, 2.05) is 61.5 Å². The van der Waals surface area contributed by atoms with Crippen molar-refractivity contribution in [1.82, 2.24) is 0 Å². The van der Waals surface area contributed by atoms with E-state index in [0.717, 1.165) is 27.8 Å². The van der Waals surface area contributed by atoms with Crippen LogP contribution in [0.3, 0.4) is 0 Å². The molecule has 3 aromatic rings. The number of nitrogens with zero attached hydrogens (tertiary/aromatic N) is 1. The molecule has 130 valence electrons. The van der Waals surface area contributed by atoms with E-state index < -0.39 is 0 Å². The zero-order valence-corrected chi connectivity index (χ0v) is 14.7. The predicted octanol–water partition coefficient (Wildman–Crippen LogP) is 5.20. The van der Waals surface area contributed by atoms with Crippen molar-refractivity contribution in [2.24, 2.45) is 4.99 Å². The summed E-state index contributed by atoms with van der Waals surface area (Å²) in [5, 5.41) is 15.3. The van der Waals surface area contributed by atoms with Crippen molar-refractivity contribution < 1.29 is 9.90 Å². The first-order chi connectivity index (χ1) is 12.5. The first-order valence-electron chi connectivity index (χ1n) is 8.33. The van der Waals surface area contributed by atoms with E-state index in [-0.39, 0.29) is 11.5 Å². The fourth-order valence-corrected chi connectivity index (χ4v) is 2.76. The second kappa shape index (κ2) is 7.66. The lowest BCUT2D eigenvalue weighted by molar-refractivity contribution is -0.112. The molecule has 0 spiro atoms. The quantitative estimate of drug-likeness (QED) is 0.494. The number of hydrogen-bond acceptors (Lipinski definition) is 4. The Kier molecular flexibility index (Phi) is 5.13. The van der Waals surface area contributed by atoms with Crippen molar-refractivity contribution in [3.8, 4) is 5.75 Å². The monoisotopic (exact) mass is 344 g/mol. The minimum atomic E-state index is 0.00566. The number of phenolic OH excluding ortho intramolecular Hbond substituents is 1. The van der Waals surface area contributed by atoms with E-state index in [0.29, 0.717) is 5.56 Å². The number of anilines is 1. The molecule has 26 heavy (non-hydrogen) atoms. The Morgan fingerprint density at radius 2 is 1.73 bits per heavy atom. The first kappa shape index (κ1) is 17.4. The molecule has 0 saturated carbocycles. The Hall–Kier alpha value is -3.40. The van der Waals surface area contributed by atoms with Crippen LogP contribution in [0.15, 0.2) is 77.4 Å². The fourth-order valence-electron chi connectivity index (χ4n) is 2.76. The minimum absolute atomic E-state index is 0.00566. The Morgan fingerprint density at radius 3 is 2.46 bits per heavy atom. The van der Waals surface area contributed by atoms with Crippen molar-refractivity contribution in [1.29, 1.82) is 0 Å². The van der Waals surface area contributed by atoms with E-state index in [2.05, 4.69) is 10.3 Å². The van der Waals surface area contributed by atoms with Crippen LogP contribution in [-0.4, -0.2) is 17.1 Å². The maximum Gasteiger partial charge on any atom is 0.154 e. The Morgan fingerprint density at radius 1 is 1.00 bits per heavy atom. The molecule has 0 heterocycles. The lowest BCUT2D eigenvalue weighted by Gasteiger charge is -2.07. The van der Waals surface area contributed by atoms with Crippen molar-refractivity contribution in [3.05, 3.63) is 78.0 Å². The molecule has 0 atom stereocenters. The van der Waals surface area contributed by atoms with Gasteiger partial charge in [-0.25, -0.2) is 0 Å². The van der Waals surface area contributed by atoms with Crippen LogP contribution in [-0.2, 0) is 4.79 Å². The highest BCUT2D eigenvalue weighted by molar-refractivity contribution is 6.03. The molecule has 3 aromatic carbocycles. The molecular weight excluding hydrogens is 324 g/mol. The summed E-state index contributed by atoms with van der Waals surface area (Å²) in [6.45, 7) is 3.36. The van der Waals surface area contributed by atoms with Gasteiger partial charge in [0.1, 0.15) is 5.75 Å². The number of phenols is 1. The second-order valence-electron chi connectivity index (χ2n) is 6.09. The highest BCUT2D eigenvalue weighted by Gasteiger charge is 2.04. The van der Waals surface area contributed by atoms with Crippen LogP contribution in [0.2, 0.25) is 0 Å². The van der Waals surface area contributed by atoms with Gasteiger partial charge in [-0.3, -0.25) is 9.79 Å². The van der Waals surface area contributed by atoms with E-state index in [9.17, 15) is 9.90 Å². The Balaban J connectivity index is 1.82. The third-order valence-electron chi connectivity index (χ3n) is 3.92. The average molecular weight is 344 g/mol. The number of benzene rings is 3. The molecule has 0 amide bonds. The number of aromatic hydroxyl groups is 1. The molecule has 4 heteroatoms. The smallest absolute Gasteiger partial charge is 0.154 e. The number of hydrogen-bond donors (Lipinski definition) is 2. The topological polar surface area (TPSA) is 61.7 Å². The summed E-state index contributed by atoms with van der Waals surface area (Å²) in [6.07, 6.45) is 3.23. The number of carbonyl (C=O) groups excluding carboxylic acids is 1. The van der Waals surface area contributed by atoms with Crippen LogP contribution in [0.25, 0.3) is 10.8 Å². The van der Waals surface area contributed by atoms with Crippen LogP contribution >= 0.6 is 0 Å². The van der Waals surface area contributed by atoms with Gasteiger partial charge < -0.3 is 10.4 Å². The predicted molar refractivity (Wildman–Crippen MR) is 107 cm³/mol. The fraction of sp³-hybridized carbons (Fsp3) is 0.0909. The molecule has 0 aliphatic heterocycles. The van der Waals surface area contributed by atoms with Crippen LogP contribution in [0.1, 0.15) is 19.4 Å². The highest BCUT2D eigenvalue weighted by atomic mass is 16.3. The van der Waals surface area contributed by atoms with Gasteiger partial charge in [0.2, 0.25) is 0 Å². The van der Waals surface area contributed by atoms with Crippen LogP contribution in [0.4, 0.5) is 11.4 Å². The number of fused-ring (bicyclic) bond motifs is 1. The summed E-state index contributed by atoms with van der Waals surface area (Å²) in [5.74, 6) is 0.210. The molecule has 0 aromatic heterocycles. The molecule has 2 N–H and O–H groups in total. The molecule has 0 fully saturated rings. The third-order valence-corrected chi connectivity index (χ3v) is 3.92. The van der Waals surface area contributed by atoms with E-state index in [4.69, 9.17) is 0 Å². The van der Waals surface area contributed by atoms with Crippen molar-refractivity contribution in [3.63, 3.8) is 0 Å². The summed E-state index contributed by atoms with van der Waals surface area (Å²) < 4.78 is 0. The van der Waals surface area contributed by atoms with Gasteiger partial charge in [0, 0.05) is 23.2 Å². The van der Waals surface area contributed by atoms with Crippen LogP contribution in [0.5, 0.6) is 5.75 Å². The standard InChI is InChI=1S/C22H20N2O2/c1-15(13-16(2)25)24-19-10-8-18(9-11-19)23-14-21-20-6-4-3-5-17(20)7-12-22(21)26/h3-14,24,26H,1-2H3/b15-13+,23-14?. The van der Waals surface area contributed by atoms with Gasteiger partial charge in [0.15, 0.2) is 5.78 Å². The molecule has 0 unspecified atom stereocenters. The number of carbonyl (C=O) groups is 1. The summed E-state index contributed by atoms with van der Waals surface area (Å²) in [6, 6.07) is 19.0. The maximum atomic E-state index is 11.1. The molecule has 3 rings (SSSR count). The first-order valence-corrected chi connectivity index (χ1v) is 8.33. The zero-order chi connectivity index (χ0) is 18.5. The van der Waals surface area contributed by atoms with Crippen molar-refractivity contribution in [2.75, 3.05) is 5.32 Å². The molecule has 0 aliphatic carbocycles. The number of nitrogens with one attached hydrogen (secondary N) is 1. The summed E-state index contributed by atoms with van der Waals surface area (Å²) in [7, 11) is 0. The lowest BCUT2D eigenvalue weighted by Crippen LogP contribution is -1.97. The number of ketones is 1. The Labute approximate surface area is 152 Å². The zero-order valence-electron chi connectivity index (χ0n) is 14.7. The van der Waals surface area contributed by atoms with Gasteiger partial charge in [-0.1, -0.05) is 30.3 Å². The molecule has 0 saturated heterocycles. The SMILES string of the molecule is CC(=O)/C=C(\C)Nc1ccc(N=Cc2c(O)ccc3ccccc23)cc1. The molecule has 0 aliphatic rings. The van der Waals surface area contributed by atoms with Gasteiger partial charge in [-0.2, -0.15) is 0 Å². The largest absolute Gasteiger partial charge is 0.507 e. The summed E-state index contributed by atoms with van der Waals surface area (Å²) in [4.78, 5) is 15.6. The van der Waals surface area contributed by atoms with Crippen LogP contribution < -0.4 is 5.32 Å². The third kappa shape index (κ3) is 4.16. The van der Waals surface area contributed by atoms with E-state index in [1.54, 1.807) is 18.4 Å². The second-order valence-corrected chi connectivity index (χ2v) is 6.09. The summed E-state index contributed by atoms with van der Waals surface area (Å²) >= 11 is 0. The molecular formula is C22H20N2O2. The lowest BCUT2D eigenvalue weighted by atomic mass is 10.0. The van der Waals surface area contributed by atoms with Gasteiger partial charge in [-0.05, 0) is 61.0 Å². The summed E-state index contributed by atoms with van der Waals surface area (Å²) in [5.41, 5.74) is 3.14. The number of rotatable bonds is 5. The minimum Gasteiger partial charge on any atom is -0.507 e. The van der Waals surface area contributed by atoms with Gasteiger partial charge in [-0.15, -0.1) is 0 Å². The van der Waals surface area contributed by atoms with E-state index in [1.165, 1.54) is 6.92 Å². The number of allylic oxidation sites excluding steroid dienone is 2. The van der Waals surface area contributed by atoms with E-state index >= 15 is 0 Å². The molecule has 0 bridgehead atoms. The van der Waals surface area contributed by atoms with Crippen molar-refractivity contribution >= 4 is 34.1 Å². The highest BCUT2D eigenvalue weighted by Crippen LogP contribution is 2.26. The van der Waals surface area contributed by atoms with Crippen molar-refractivity contribution in [2.45, 2.75) is 13.8 Å². The van der Waals surface area contributed by atoms with Gasteiger partial charge in [0.05, 0.1) is 5.69 Å².